The average Bonchev–Trinajstić information content (AvgIpc) is 3.37. The number of benzene rings is 2. The van der Waals surface area contributed by atoms with Crippen LogP contribution in [0.4, 0.5) is 18.6 Å². The van der Waals surface area contributed by atoms with Gasteiger partial charge in [0.2, 0.25) is 0 Å². The molecule has 0 saturated carbocycles. The number of anilines is 1. The van der Waals surface area contributed by atoms with Gasteiger partial charge >= 0.3 is 6.03 Å². The number of halogens is 2. The highest BCUT2D eigenvalue weighted by Gasteiger charge is 2.34. The summed E-state index contributed by atoms with van der Waals surface area (Å²) in [6.45, 7) is -0.374. The van der Waals surface area contributed by atoms with Gasteiger partial charge in [-0.05, 0) is 17.5 Å². The lowest BCUT2D eigenvalue weighted by molar-refractivity contribution is 0.0544. The molecule has 3 N–H and O–H groups in total. The molecule has 0 radical (unpaired) electrons. The number of rotatable bonds is 6. The largest absolute Gasteiger partial charge is 0.497 e. The molecule has 0 saturated heterocycles. The van der Waals surface area contributed by atoms with E-state index in [0.717, 1.165) is 22.2 Å². The van der Waals surface area contributed by atoms with Gasteiger partial charge in [0.1, 0.15) is 17.4 Å². The second-order valence-electron chi connectivity index (χ2n) is 7.00. The Morgan fingerprint density at radius 1 is 1.27 bits per heavy atom. The predicted octanol–water partition coefficient (Wildman–Crippen LogP) is 3.87. The average molecular weight is 474 g/mol. The Balaban J connectivity index is 1.64. The summed E-state index contributed by atoms with van der Waals surface area (Å²) in [5.74, 6) is -2.58. The first-order valence-electron chi connectivity index (χ1n) is 9.94. The summed E-state index contributed by atoms with van der Waals surface area (Å²) in [5.41, 5.74) is 2.22. The molecule has 2 amide bonds. The third-order valence-electron chi connectivity index (χ3n) is 4.88. The number of hydrogen-bond donors (Lipinski definition) is 3. The van der Waals surface area contributed by atoms with E-state index >= 15 is 0 Å². The number of carbonyl (C=O) groups excluding carboxylic acids is 1. The molecular weight excluding hydrogens is 454 g/mol. The van der Waals surface area contributed by atoms with Crippen molar-refractivity contribution in [3.63, 3.8) is 0 Å². The fraction of sp³-hybridized carbons (Fsp3) is 0.227. The highest BCUT2D eigenvalue weighted by Crippen LogP contribution is 2.32. The first-order chi connectivity index (χ1) is 16.0. The van der Waals surface area contributed by atoms with Crippen molar-refractivity contribution in [1.29, 1.82) is 0 Å². The van der Waals surface area contributed by atoms with Crippen LogP contribution in [0.2, 0.25) is 0 Å². The lowest BCUT2D eigenvalue weighted by Crippen LogP contribution is -2.33. The summed E-state index contributed by atoms with van der Waals surface area (Å²) < 4.78 is 35.4. The van der Waals surface area contributed by atoms with Crippen molar-refractivity contribution in [2.24, 2.45) is 9.98 Å². The molecule has 1 aliphatic rings. The molecule has 8 nitrogen and oxygen atoms in total. The van der Waals surface area contributed by atoms with E-state index in [1.165, 1.54) is 18.4 Å². The van der Waals surface area contributed by atoms with Gasteiger partial charge in [-0.15, -0.1) is 11.3 Å². The van der Waals surface area contributed by atoms with Crippen molar-refractivity contribution in [3.05, 3.63) is 59.7 Å². The van der Waals surface area contributed by atoms with Gasteiger partial charge in [-0.3, -0.25) is 15.1 Å². The van der Waals surface area contributed by atoms with E-state index in [9.17, 15) is 13.6 Å². The molecule has 0 bridgehead atoms. The van der Waals surface area contributed by atoms with Crippen LogP contribution in [0, 0.1) is 11.6 Å². The highest BCUT2D eigenvalue weighted by atomic mass is 32.1. The molecule has 1 aromatic heterocycles. The molecule has 4 rings (SSSR count). The molecule has 0 unspecified atom stereocenters. The summed E-state index contributed by atoms with van der Waals surface area (Å²) >= 11 is 1.37. The quantitative estimate of drug-likeness (QED) is 0.372. The van der Waals surface area contributed by atoms with Crippen LogP contribution in [0.1, 0.15) is 11.5 Å². The number of aliphatic hydroxyl groups excluding tert-OH is 1. The maximum absolute atomic E-state index is 14.7. The Hall–Kier alpha value is -3.41. The third-order valence-corrected chi connectivity index (χ3v) is 5.91. The van der Waals surface area contributed by atoms with Crippen molar-refractivity contribution in [1.82, 2.24) is 5.48 Å². The predicted molar refractivity (Wildman–Crippen MR) is 122 cm³/mol. The smallest absolute Gasteiger partial charge is 0.346 e. The van der Waals surface area contributed by atoms with E-state index in [2.05, 4.69) is 20.8 Å². The normalized spacial score (nSPS) is 16.8. The van der Waals surface area contributed by atoms with Crippen LogP contribution in [0.3, 0.4) is 0 Å². The number of aliphatic imine (C=N–C) groups is 2. The molecule has 33 heavy (non-hydrogen) atoms. The van der Waals surface area contributed by atoms with E-state index in [0.29, 0.717) is 5.00 Å². The lowest BCUT2D eigenvalue weighted by atomic mass is 9.94. The monoisotopic (exact) mass is 474 g/mol. The molecule has 2 aromatic carbocycles. The van der Waals surface area contributed by atoms with Crippen LogP contribution in [0.5, 0.6) is 5.75 Å². The minimum Gasteiger partial charge on any atom is -0.497 e. The molecule has 3 aromatic rings. The Labute approximate surface area is 191 Å². The van der Waals surface area contributed by atoms with Gasteiger partial charge in [0.25, 0.3) is 0 Å². The van der Waals surface area contributed by atoms with Crippen LogP contribution in [0.25, 0.3) is 10.1 Å². The van der Waals surface area contributed by atoms with Crippen molar-refractivity contribution < 1.29 is 28.3 Å². The van der Waals surface area contributed by atoms with Gasteiger partial charge in [-0.2, -0.15) is 4.99 Å². The Morgan fingerprint density at radius 2 is 2.03 bits per heavy atom. The summed E-state index contributed by atoms with van der Waals surface area (Å²) in [7, 11) is 1.30. The number of ether oxygens (including phenoxy) is 1. The van der Waals surface area contributed by atoms with Gasteiger partial charge < -0.3 is 9.84 Å². The summed E-state index contributed by atoms with van der Waals surface area (Å²) in [6, 6.07) is 10.8. The lowest BCUT2D eigenvalue weighted by Gasteiger charge is -2.15. The first-order valence-corrected chi connectivity index (χ1v) is 10.8. The van der Waals surface area contributed by atoms with Crippen LogP contribution in [-0.2, 0) is 4.84 Å². The number of hydroxylamine groups is 1. The Kier molecular flexibility index (Phi) is 6.92. The minimum absolute atomic E-state index is 0.00881. The van der Waals surface area contributed by atoms with Gasteiger partial charge in [-0.25, -0.2) is 19.1 Å². The second kappa shape index (κ2) is 10.0. The summed E-state index contributed by atoms with van der Waals surface area (Å²) in [6.07, 6.45) is 0. The maximum atomic E-state index is 14.7. The van der Waals surface area contributed by atoms with E-state index in [1.54, 1.807) is 0 Å². The van der Waals surface area contributed by atoms with Crippen molar-refractivity contribution in [3.8, 4) is 5.75 Å². The van der Waals surface area contributed by atoms with Crippen LogP contribution >= 0.6 is 11.3 Å². The molecular formula is C22H20F2N4O4S. The third kappa shape index (κ3) is 5.00. The number of carbonyl (C=O) groups is 1. The van der Waals surface area contributed by atoms with E-state index in [1.807, 2.05) is 30.3 Å². The molecule has 0 fully saturated rings. The minimum atomic E-state index is -0.968. The molecule has 11 heteroatoms. The van der Waals surface area contributed by atoms with E-state index < -0.39 is 23.6 Å². The number of amidine groups is 1. The summed E-state index contributed by atoms with van der Waals surface area (Å²) in [4.78, 5) is 26.0. The highest BCUT2D eigenvalue weighted by molar-refractivity contribution is 7.22. The molecule has 0 aliphatic carbocycles. The second-order valence-corrected chi connectivity index (χ2v) is 8.08. The van der Waals surface area contributed by atoms with Gasteiger partial charge in [0.15, 0.2) is 5.84 Å². The number of thiophene rings is 1. The van der Waals surface area contributed by atoms with Crippen LogP contribution < -0.4 is 15.5 Å². The number of fused-ring (bicyclic) bond motifs is 1. The van der Waals surface area contributed by atoms with Gasteiger partial charge in [0.05, 0.1) is 43.5 Å². The zero-order valence-corrected chi connectivity index (χ0v) is 18.3. The van der Waals surface area contributed by atoms with E-state index in [4.69, 9.17) is 14.7 Å². The molecule has 172 valence electrons. The number of methoxy groups -OCH3 is 1. The Bertz CT molecular complexity index is 1190. The van der Waals surface area contributed by atoms with Crippen molar-refractivity contribution in [2.45, 2.75) is 5.92 Å². The fourth-order valence-corrected chi connectivity index (χ4v) is 4.37. The molecule has 0 spiro atoms. The maximum Gasteiger partial charge on any atom is 0.346 e. The topological polar surface area (TPSA) is 105 Å². The molecule has 2 heterocycles. The summed E-state index contributed by atoms with van der Waals surface area (Å²) in [5, 5.41) is 13.1. The number of nitrogens with one attached hydrogen (secondary N) is 2. The number of hydrogen-bond acceptors (Lipinski definition) is 7. The van der Waals surface area contributed by atoms with Crippen LogP contribution in [0.15, 0.2) is 52.4 Å². The first kappa shape index (κ1) is 22.8. The standard InChI is InChI=1S/C22H20F2N4O4S/c1-31-13-9-15(23)19(16(24)10-13)14-11-25-21(28-32-7-6-29)20(14)27-22(30)26-18-8-12-4-2-3-5-17(12)33-18/h2-5,8-10,14,29H,6-7,11H2,1H3,(H,25,28)(H,26,30)/t14-/m0/s1. The zero-order chi connectivity index (χ0) is 23.4. The number of amides is 2. The number of nitrogens with zero attached hydrogens (tertiary/aromatic N) is 2. The van der Waals surface area contributed by atoms with Crippen molar-refractivity contribution >= 4 is 44.0 Å². The van der Waals surface area contributed by atoms with Crippen molar-refractivity contribution in [2.75, 3.05) is 32.2 Å². The van der Waals surface area contributed by atoms with Crippen LogP contribution in [-0.4, -0.2) is 49.6 Å². The number of aliphatic hydroxyl groups is 1. The SMILES string of the molecule is COc1cc(F)c([C@@H]2CN=C(NOCCO)C2=NC(=O)Nc2cc3ccccc3s2)c(F)c1. The van der Waals surface area contributed by atoms with Gasteiger partial charge in [0, 0.05) is 22.4 Å². The number of urea groups is 1. The molecule has 1 atom stereocenters. The Morgan fingerprint density at radius 3 is 2.73 bits per heavy atom. The zero-order valence-electron chi connectivity index (χ0n) is 17.5. The van der Waals surface area contributed by atoms with Gasteiger partial charge in [-0.1, -0.05) is 18.2 Å². The molecule has 1 aliphatic heterocycles. The fourth-order valence-electron chi connectivity index (χ4n) is 3.42. The van der Waals surface area contributed by atoms with E-state index in [-0.39, 0.29) is 42.6 Å².